The number of anilines is 2. The van der Waals surface area contributed by atoms with Crippen molar-refractivity contribution in [2.45, 2.75) is 49.0 Å². The van der Waals surface area contributed by atoms with Gasteiger partial charge in [0.2, 0.25) is 11.8 Å². The highest BCUT2D eigenvalue weighted by molar-refractivity contribution is 6.19. The van der Waals surface area contributed by atoms with Crippen LogP contribution in [0.5, 0.6) is 0 Å². The number of para-hydroxylation sites is 2. The first-order valence-corrected chi connectivity index (χ1v) is 13.7. The van der Waals surface area contributed by atoms with Crippen molar-refractivity contribution in [3.63, 3.8) is 0 Å². The van der Waals surface area contributed by atoms with Gasteiger partial charge in [-0.05, 0) is 47.2 Å². The number of hydrogen-bond acceptors (Lipinski definition) is 4. The predicted molar refractivity (Wildman–Crippen MR) is 153 cm³/mol. The normalized spacial score (nSPS) is 26.9. The van der Waals surface area contributed by atoms with Crippen LogP contribution >= 0.6 is 0 Å². The Hall–Kier alpha value is -4.26. The summed E-state index contributed by atoms with van der Waals surface area (Å²) < 4.78 is 0. The molecule has 2 N–H and O–H groups in total. The maximum atomic E-state index is 14.9. The highest BCUT2D eigenvalue weighted by Gasteiger charge is 2.73. The summed E-state index contributed by atoms with van der Waals surface area (Å²) in [6.07, 6.45) is -2.40. The molecule has 1 aliphatic carbocycles. The highest BCUT2D eigenvalue weighted by Crippen LogP contribution is 2.64. The molecule has 6 heteroatoms. The van der Waals surface area contributed by atoms with Crippen molar-refractivity contribution < 1.29 is 19.8 Å². The molecule has 2 aliphatic heterocycles. The average molecular weight is 531 g/mol. The standard InChI is InChI=1S/C34H30N2O4/c37-29-19-33(25-15-7-9-17-27(25)35(31(33)39)21-23-11-3-1-4-12-23)34(20-30(29)38)26-16-8-10-18-28(26)36(32(34)40)22-24-13-5-2-6-14-24/h1-18,29-30,37-38H,19-22H2/t29-,30?,33-,34+/m0/s1. The second kappa shape index (κ2) is 9.15. The summed E-state index contributed by atoms with van der Waals surface area (Å²) in [5.41, 5.74) is 2.12. The summed E-state index contributed by atoms with van der Waals surface area (Å²) in [6, 6.07) is 34.8. The second-order valence-electron chi connectivity index (χ2n) is 11.1. The minimum absolute atomic E-state index is 0.0471. The Labute approximate surface area is 233 Å². The zero-order chi connectivity index (χ0) is 27.5. The molecule has 1 fully saturated rings. The molecule has 0 bridgehead atoms. The van der Waals surface area contributed by atoms with Crippen LogP contribution in [0.15, 0.2) is 109 Å². The Morgan fingerprint density at radius 1 is 0.550 bits per heavy atom. The van der Waals surface area contributed by atoms with Gasteiger partial charge in [-0.15, -0.1) is 0 Å². The van der Waals surface area contributed by atoms with Gasteiger partial charge in [-0.3, -0.25) is 9.59 Å². The van der Waals surface area contributed by atoms with Gasteiger partial charge >= 0.3 is 0 Å². The third kappa shape index (κ3) is 3.30. The molecule has 4 atom stereocenters. The number of amides is 2. The molecule has 2 amide bonds. The van der Waals surface area contributed by atoms with Crippen molar-refractivity contribution in [3.8, 4) is 0 Å². The lowest BCUT2D eigenvalue weighted by atomic mass is 9.50. The highest BCUT2D eigenvalue weighted by atomic mass is 16.3. The Morgan fingerprint density at radius 2 is 0.900 bits per heavy atom. The van der Waals surface area contributed by atoms with Gasteiger partial charge in [0.1, 0.15) is 0 Å². The van der Waals surface area contributed by atoms with E-state index in [4.69, 9.17) is 0 Å². The number of carbonyl (C=O) groups excluding carboxylic acids is 2. The van der Waals surface area contributed by atoms with Gasteiger partial charge in [0, 0.05) is 11.4 Å². The first-order valence-electron chi connectivity index (χ1n) is 13.7. The van der Waals surface area contributed by atoms with Crippen molar-refractivity contribution in [3.05, 3.63) is 131 Å². The maximum absolute atomic E-state index is 14.9. The van der Waals surface area contributed by atoms with Crippen LogP contribution in [-0.4, -0.2) is 34.2 Å². The van der Waals surface area contributed by atoms with E-state index >= 15 is 0 Å². The molecule has 1 saturated carbocycles. The van der Waals surface area contributed by atoms with Crippen LogP contribution < -0.4 is 9.80 Å². The molecular formula is C34H30N2O4. The van der Waals surface area contributed by atoms with Crippen LogP contribution in [0.2, 0.25) is 0 Å². The van der Waals surface area contributed by atoms with Crippen molar-refractivity contribution in [2.24, 2.45) is 0 Å². The summed E-state index contributed by atoms with van der Waals surface area (Å²) in [4.78, 5) is 33.4. The van der Waals surface area contributed by atoms with E-state index in [2.05, 4.69) is 0 Å². The number of hydrogen-bond donors (Lipinski definition) is 2. The number of rotatable bonds is 4. The van der Waals surface area contributed by atoms with Crippen molar-refractivity contribution in [1.29, 1.82) is 0 Å². The topological polar surface area (TPSA) is 81.1 Å². The van der Waals surface area contributed by atoms with Crippen LogP contribution in [-0.2, 0) is 33.5 Å². The summed E-state index contributed by atoms with van der Waals surface area (Å²) in [5.74, 6) is -0.429. The monoisotopic (exact) mass is 530 g/mol. The van der Waals surface area contributed by atoms with Gasteiger partial charge < -0.3 is 20.0 Å². The van der Waals surface area contributed by atoms with E-state index < -0.39 is 23.0 Å². The molecular weight excluding hydrogens is 500 g/mol. The van der Waals surface area contributed by atoms with E-state index in [0.29, 0.717) is 13.1 Å². The lowest BCUT2D eigenvalue weighted by Gasteiger charge is -2.50. The van der Waals surface area contributed by atoms with E-state index in [1.165, 1.54) is 0 Å². The van der Waals surface area contributed by atoms with Crippen molar-refractivity contribution in [1.82, 2.24) is 0 Å². The minimum atomic E-state index is -1.38. The third-order valence-electron chi connectivity index (χ3n) is 9.10. The van der Waals surface area contributed by atoms with Crippen LogP contribution in [0.3, 0.4) is 0 Å². The Bertz CT molecular complexity index is 1490. The summed E-state index contributed by atoms with van der Waals surface area (Å²) in [5, 5.41) is 22.3. The van der Waals surface area contributed by atoms with Gasteiger partial charge in [0.05, 0.1) is 36.1 Å². The number of carbonyl (C=O) groups is 2. The zero-order valence-corrected chi connectivity index (χ0v) is 22.0. The molecule has 0 saturated heterocycles. The average Bonchev–Trinajstić information content (AvgIpc) is 3.35. The Kier molecular flexibility index (Phi) is 5.66. The number of benzene rings is 4. The molecule has 1 unspecified atom stereocenters. The smallest absolute Gasteiger partial charge is 0.239 e. The second-order valence-corrected chi connectivity index (χ2v) is 11.1. The lowest BCUT2D eigenvalue weighted by molar-refractivity contribution is -0.146. The fraction of sp³-hybridized carbons (Fsp3) is 0.235. The first-order chi connectivity index (χ1) is 19.5. The molecule has 7 rings (SSSR count). The van der Waals surface area contributed by atoms with Crippen LogP contribution in [0.25, 0.3) is 0 Å². The van der Waals surface area contributed by atoms with Gasteiger partial charge in [0.15, 0.2) is 0 Å². The zero-order valence-electron chi connectivity index (χ0n) is 22.0. The van der Waals surface area contributed by atoms with Crippen molar-refractivity contribution in [2.75, 3.05) is 9.80 Å². The van der Waals surface area contributed by atoms with Gasteiger partial charge in [-0.1, -0.05) is 97.1 Å². The third-order valence-corrected chi connectivity index (χ3v) is 9.10. The quantitative estimate of drug-likeness (QED) is 0.408. The Balaban J connectivity index is 1.45. The number of nitrogens with zero attached hydrogens (tertiary/aromatic N) is 2. The minimum Gasteiger partial charge on any atom is -0.390 e. The van der Waals surface area contributed by atoms with E-state index in [9.17, 15) is 19.8 Å². The van der Waals surface area contributed by atoms with Crippen LogP contribution in [0.4, 0.5) is 11.4 Å². The largest absolute Gasteiger partial charge is 0.390 e. The number of aliphatic hydroxyl groups excluding tert-OH is 2. The first kappa shape index (κ1) is 24.8. The molecule has 2 spiro atoms. The van der Waals surface area contributed by atoms with Gasteiger partial charge in [-0.2, -0.15) is 0 Å². The van der Waals surface area contributed by atoms with Crippen molar-refractivity contribution >= 4 is 23.2 Å². The molecule has 3 aliphatic rings. The fourth-order valence-electron chi connectivity index (χ4n) is 7.36. The van der Waals surface area contributed by atoms with Crippen LogP contribution in [0, 0.1) is 0 Å². The predicted octanol–water partition coefficient (Wildman–Crippen LogP) is 4.47. The molecule has 4 aromatic rings. The summed E-state index contributed by atoms with van der Waals surface area (Å²) >= 11 is 0. The fourth-order valence-corrected chi connectivity index (χ4v) is 7.36. The maximum Gasteiger partial charge on any atom is 0.239 e. The molecule has 2 heterocycles. The molecule has 200 valence electrons. The van der Waals surface area contributed by atoms with Gasteiger partial charge in [0.25, 0.3) is 0 Å². The molecule has 40 heavy (non-hydrogen) atoms. The van der Waals surface area contributed by atoms with E-state index in [1.54, 1.807) is 9.80 Å². The summed E-state index contributed by atoms with van der Waals surface area (Å²) in [7, 11) is 0. The lowest BCUT2D eigenvalue weighted by Crippen LogP contribution is -2.66. The molecule has 6 nitrogen and oxygen atoms in total. The summed E-state index contributed by atoms with van der Waals surface area (Å²) in [6.45, 7) is 0.688. The molecule has 4 aromatic carbocycles. The van der Waals surface area contributed by atoms with Crippen LogP contribution in [0.1, 0.15) is 35.1 Å². The SMILES string of the molecule is O=C1N(Cc2ccccc2)c2ccccc2[C@]12CC(O)[C@@H](O)C[C@]21C(=O)N(Cc2ccccc2)c2ccccc21. The Morgan fingerprint density at radius 3 is 1.30 bits per heavy atom. The van der Waals surface area contributed by atoms with E-state index in [-0.39, 0.29) is 24.7 Å². The van der Waals surface area contributed by atoms with E-state index in [1.807, 2.05) is 109 Å². The number of aliphatic hydroxyl groups is 2. The van der Waals surface area contributed by atoms with E-state index in [0.717, 1.165) is 33.6 Å². The van der Waals surface area contributed by atoms with Gasteiger partial charge in [-0.25, -0.2) is 0 Å². The molecule has 0 radical (unpaired) electrons. The molecule has 0 aromatic heterocycles. The number of fused-ring (bicyclic) bond motifs is 5.